The predicted octanol–water partition coefficient (Wildman–Crippen LogP) is 2.87. The van der Waals surface area contributed by atoms with E-state index in [1.165, 1.54) is 19.4 Å². The van der Waals surface area contributed by atoms with Gasteiger partial charge in [-0.1, -0.05) is 27.7 Å². The monoisotopic (exact) mass is 226 g/mol. The first-order valence-electron chi connectivity index (χ1n) is 6.76. The lowest BCUT2D eigenvalue weighted by Gasteiger charge is -2.49. The van der Waals surface area contributed by atoms with Gasteiger partial charge >= 0.3 is 0 Å². The van der Waals surface area contributed by atoms with Crippen LogP contribution in [0.4, 0.5) is 0 Å². The molecule has 1 aliphatic heterocycles. The highest BCUT2D eigenvalue weighted by molar-refractivity contribution is 4.94. The van der Waals surface area contributed by atoms with Crippen molar-refractivity contribution in [1.82, 2.24) is 4.90 Å². The standard InChI is InChI=1S/C14H30N2/c1-10-8-7-9-16(12(10)3)13(11(2)15)14(4,5)6/h10-13H,7-9,15H2,1-6H3. The van der Waals surface area contributed by atoms with E-state index in [0.29, 0.717) is 12.1 Å². The van der Waals surface area contributed by atoms with E-state index in [1.54, 1.807) is 0 Å². The Morgan fingerprint density at radius 3 is 2.25 bits per heavy atom. The van der Waals surface area contributed by atoms with Gasteiger partial charge in [0.1, 0.15) is 0 Å². The van der Waals surface area contributed by atoms with E-state index in [1.807, 2.05) is 0 Å². The van der Waals surface area contributed by atoms with Crippen molar-refractivity contribution in [2.24, 2.45) is 17.1 Å². The molecule has 0 aromatic carbocycles. The molecule has 1 fully saturated rings. The van der Waals surface area contributed by atoms with Gasteiger partial charge in [0.15, 0.2) is 0 Å². The molecule has 2 nitrogen and oxygen atoms in total. The number of nitrogens with two attached hydrogens (primary N) is 1. The first-order chi connectivity index (χ1) is 7.25. The Bertz CT molecular complexity index is 217. The maximum atomic E-state index is 6.22. The Balaban J connectivity index is 2.86. The third-order valence-electron chi connectivity index (χ3n) is 4.17. The molecular weight excluding hydrogens is 196 g/mol. The Labute approximate surface area is 102 Å². The van der Waals surface area contributed by atoms with E-state index < -0.39 is 0 Å². The highest BCUT2D eigenvalue weighted by atomic mass is 15.2. The molecule has 4 unspecified atom stereocenters. The summed E-state index contributed by atoms with van der Waals surface area (Å²) in [6, 6.07) is 1.40. The molecule has 96 valence electrons. The van der Waals surface area contributed by atoms with Crippen LogP contribution in [0.2, 0.25) is 0 Å². The summed E-state index contributed by atoms with van der Waals surface area (Å²) in [5.41, 5.74) is 6.48. The zero-order valence-corrected chi connectivity index (χ0v) is 12.0. The molecule has 0 saturated carbocycles. The molecule has 4 atom stereocenters. The second-order valence-electron chi connectivity index (χ2n) is 6.77. The maximum absolute atomic E-state index is 6.22. The number of hydrogen-bond donors (Lipinski definition) is 1. The summed E-state index contributed by atoms with van der Waals surface area (Å²) in [5, 5.41) is 0. The molecule has 0 bridgehead atoms. The highest BCUT2D eigenvalue weighted by Crippen LogP contribution is 2.33. The fourth-order valence-electron chi connectivity index (χ4n) is 3.35. The van der Waals surface area contributed by atoms with Crippen molar-refractivity contribution in [3.63, 3.8) is 0 Å². The van der Waals surface area contributed by atoms with Gasteiger partial charge in [-0.25, -0.2) is 0 Å². The molecule has 2 N–H and O–H groups in total. The average molecular weight is 226 g/mol. The second kappa shape index (κ2) is 5.05. The summed E-state index contributed by atoms with van der Waals surface area (Å²) in [6.45, 7) is 15.0. The number of hydrogen-bond acceptors (Lipinski definition) is 2. The second-order valence-corrected chi connectivity index (χ2v) is 6.77. The van der Waals surface area contributed by atoms with Crippen LogP contribution >= 0.6 is 0 Å². The molecule has 16 heavy (non-hydrogen) atoms. The summed E-state index contributed by atoms with van der Waals surface area (Å²) < 4.78 is 0. The Morgan fingerprint density at radius 2 is 1.81 bits per heavy atom. The van der Waals surface area contributed by atoms with Gasteiger partial charge in [-0.3, -0.25) is 4.90 Å². The number of piperidine rings is 1. The molecule has 1 aliphatic rings. The number of nitrogens with zero attached hydrogens (tertiary/aromatic N) is 1. The van der Waals surface area contributed by atoms with Gasteiger partial charge < -0.3 is 5.73 Å². The van der Waals surface area contributed by atoms with Crippen molar-refractivity contribution >= 4 is 0 Å². The quantitative estimate of drug-likeness (QED) is 0.784. The van der Waals surface area contributed by atoms with Gasteiger partial charge in [0.2, 0.25) is 0 Å². The van der Waals surface area contributed by atoms with E-state index in [2.05, 4.69) is 46.4 Å². The van der Waals surface area contributed by atoms with Crippen LogP contribution in [0.25, 0.3) is 0 Å². The third kappa shape index (κ3) is 2.98. The molecule has 0 aromatic heterocycles. The van der Waals surface area contributed by atoms with Gasteiger partial charge in [0.25, 0.3) is 0 Å². The molecule has 0 spiro atoms. The third-order valence-corrected chi connectivity index (χ3v) is 4.17. The van der Waals surface area contributed by atoms with E-state index >= 15 is 0 Å². The molecule has 0 aliphatic carbocycles. The predicted molar refractivity (Wildman–Crippen MR) is 71.5 cm³/mol. The summed E-state index contributed by atoms with van der Waals surface area (Å²) in [6.07, 6.45) is 2.69. The lowest BCUT2D eigenvalue weighted by Crippen LogP contribution is -2.59. The smallest absolute Gasteiger partial charge is 0.0295 e. The van der Waals surface area contributed by atoms with Crippen LogP contribution in [-0.2, 0) is 0 Å². The van der Waals surface area contributed by atoms with Crippen LogP contribution in [0, 0.1) is 11.3 Å². The van der Waals surface area contributed by atoms with Crippen LogP contribution in [0.5, 0.6) is 0 Å². The molecule has 1 rings (SSSR count). The first kappa shape index (κ1) is 14.0. The van der Waals surface area contributed by atoms with Gasteiger partial charge in [0, 0.05) is 18.1 Å². The largest absolute Gasteiger partial charge is 0.327 e. The molecular formula is C14H30N2. The van der Waals surface area contributed by atoms with Crippen molar-refractivity contribution < 1.29 is 0 Å². The summed E-state index contributed by atoms with van der Waals surface area (Å²) in [5.74, 6) is 0.803. The molecule has 0 aromatic rings. The number of rotatable bonds is 2. The minimum atomic E-state index is 0.243. The fourth-order valence-corrected chi connectivity index (χ4v) is 3.35. The fraction of sp³-hybridized carbons (Fsp3) is 1.00. The maximum Gasteiger partial charge on any atom is 0.0295 e. The molecule has 0 radical (unpaired) electrons. The minimum Gasteiger partial charge on any atom is -0.327 e. The topological polar surface area (TPSA) is 29.3 Å². The lowest BCUT2D eigenvalue weighted by molar-refractivity contribution is 0.00639. The van der Waals surface area contributed by atoms with Crippen molar-refractivity contribution in [2.45, 2.75) is 72.5 Å². The Kier molecular flexibility index (Phi) is 4.42. The van der Waals surface area contributed by atoms with Crippen LogP contribution in [0.15, 0.2) is 0 Å². The van der Waals surface area contributed by atoms with Crippen LogP contribution in [-0.4, -0.2) is 29.6 Å². The van der Waals surface area contributed by atoms with Gasteiger partial charge in [-0.05, 0) is 44.6 Å². The van der Waals surface area contributed by atoms with Gasteiger partial charge in [0.05, 0.1) is 0 Å². The summed E-state index contributed by atoms with van der Waals surface area (Å²) >= 11 is 0. The van der Waals surface area contributed by atoms with E-state index in [4.69, 9.17) is 5.73 Å². The van der Waals surface area contributed by atoms with E-state index in [-0.39, 0.29) is 11.5 Å². The number of likely N-dealkylation sites (tertiary alicyclic amines) is 1. The van der Waals surface area contributed by atoms with Crippen LogP contribution in [0.3, 0.4) is 0 Å². The van der Waals surface area contributed by atoms with Gasteiger partial charge in [-0.2, -0.15) is 0 Å². The Morgan fingerprint density at radius 1 is 1.25 bits per heavy atom. The van der Waals surface area contributed by atoms with Crippen molar-refractivity contribution in [2.75, 3.05) is 6.54 Å². The molecule has 2 heteroatoms. The first-order valence-corrected chi connectivity index (χ1v) is 6.76. The van der Waals surface area contributed by atoms with Crippen molar-refractivity contribution in [3.05, 3.63) is 0 Å². The van der Waals surface area contributed by atoms with Crippen molar-refractivity contribution in [1.29, 1.82) is 0 Å². The molecule has 1 heterocycles. The van der Waals surface area contributed by atoms with Gasteiger partial charge in [-0.15, -0.1) is 0 Å². The zero-order chi connectivity index (χ0) is 12.5. The minimum absolute atomic E-state index is 0.243. The summed E-state index contributed by atoms with van der Waals surface area (Å²) in [4.78, 5) is 2.65. The normalized spacial score (nSPS) is 32.4. The lowest BCUT2D eigenvalue weighted by atomic mass is 9.78. The van der Waals surface area contributed by atoms with E-state index in [9.17, 15) is 0 Å². The zero-order valence-electron chi connectivity index (χ0n) is 12.0. The molecule has 0 amide bonds. The average Bonchev–Trinajstić information content (AvgIpc) is 2.09. The van der Waals surface area contributed by atoms with Crippen LogP contribution < -0.4 is 5.73 Å². The van der Waals surface area contributed by atoms with E-state index in [0.717, 1.165) is 5.92 Å². The SMILES string of the molecule is CC(N)C(N1CCCC(C)C1C)C(C)(C)C. The Hall–Kier alpha value is -0.0800. The molecule has 1 saturated heterocycles. The summed E-state index contributed by atoms with van der Waals surface area (Å²) in [7, 11) is 0. The highest BCUT2D eigenvalue weighted by Gasteiger charge is 2.38. The van der Waals surface area contributed by atoms with Crippen molar-refractivity contribution in [3.8, 4) is 0 Å². The van der Waals surface area contributed by atoms with Crippen LogP contribution in [0.1, 0.15) is 54.4 Å².